The number of ketones is 4. The molecule has 18 rings (SSSR count). The summed E-state index contributed by atoms with van der Waals surface area (Å²) in [5.74, 6) is -7.75. The normalized spacial score (nSPS) is 14.1. The van der Waals surface area contributed by atoms with Crippen LogP contribution in [0.3, 0.4) is 0 Å². The number of benzene rings is 12. The van der Waals surface area contributed by atoms with Gasteiger partial charge < -0.3 is 37.9 Å². The van der Waals surface area contributed by atoms with Crippen molar-refractivity contribution < 1.29 is 105 Å². The molecule has 34 nitrogen and oxygen atoms in total. The number of anilines is 2. The van der Waals surface area contributed by atoms with Crippen LogP contribution in [0.4, 0.5) is 23.3 Å². The highest BCUT2D eigenvalue weighted by Crippen LogP contribution is 2.42. The third kappa shape index (κ3) is 17.6. The van der Waals surface area contributed by atoms with E-state index in [1.54, 1.807) is 135 Å². The topological polar surface area (TPSA) is 449 Å². The summed E-state index contributed by atoms with van der Waals surface area (Å²) < 4.78 is 45.5. The molecule has 4 heterocycles. The van der Waals surface area contributed by atoms with E-state index in [1.807, 2.05) is 86.6 Å². The molecule has 4 amide bonds. The van der Waals surface area contributed by atoms with Crippen LogP contribution in [0.1, 0.15) is 188 Å². The number of hydrogen-bond donors (Lipinski definition) is 0. The van der Waals surface area contributed by atoms with Crippen molar-refractivity contribution in [1.29, 1.82) is 0 Å². The first-order chi connectivity index (χ1) is 64.3. The highest BCUT2D eigenvalue weighted by atomic mass is 16.6. The number of ether oxygens (including phenoxy) is 8. The molecule has 12 aromatic carbocycles. The summed E-state index contributed by atoms with van der Waals surface area (Å²) in [7, 11) is 0. The van der Waals surface area contributed by atoms with E-state index in [2.05, 4.69) is 43.8 Å². The van der Waals surface area contributed by atoms with Gasteiger partial charge in [0.05, 0.1) is 72.3 Å². The lowest BCUT2D eigenvalue weighted by Crippen LogP contribution is -2.31. The van der Waals surface area contributed by atoms with Gasteiger partial charge in [-0.25, -0.2) is 29.0 Å². The maximum Gasteiger partial charge on any atom is 0.346 e. The van der Waals surface area contributed by atoms with Crippen molar-refractivity contribution in [1.82, 2.24) is 29.9 Å². The third-order valence-corrected chi connectivity index (χ3v) is 22.5. The summed E-state index contributed by atoms with van der Waals surface area (Å²) in [4.78, 5) is 203. The van der Waals surface area contributed by atoms with Gasteiger partial charge in [-0.05, 0) is 194 Å². The molecule has 0 spiro atoms. The summed E-state index contributed by atoms with van der Waals surface area (Å²) in [5, 5.41) is 22.9. The molecule has 2 aliphatic carbocycles. The molecule has 660 valence electrons. The maximum atomic E-state index is 14.0. The third-order valence-electron chi connectivity index (χ3n) is 22.5. The van der Waals surface area contributed by atoms with E-state index in [-0.39, 0.29) is 73.6 Å². The van der Waals surface area contributed by atoms with Crippen LogP contribution in [0.5, 0.6) is 70.0 Å². The van der Waals surface area contributed by atoms with Crippen molar-refractivity contribution in [2.45, 2.75) is 52.4 Å². The molecule has 0 saturated heterocycles. The number of carbonyl (C=O) groups excluding carboxylic acids is 12. The number of carbonyl (C=O) groups is 12. The summed E-state index contributed by atoms with van der Waals surface area (Å²) in [5.41, 5.74) is 2.40. The number of rotatable bonds is 24. The van der Waals surface area contributed by atoms with E-state index >= 15 is 0 Å². The van der Waals surface area contributed by atoms with Crippen LogP contribution in [0.25, 0.3) is 0 Å². The van der Waals surface area contributed by atoms with Crippen LogP contribution in [0.15, 0.2) is 279 Å². The Morgan fingerprint density at radius 2 is 0.522 bits per heavy atom. The van der Waals surface area contributed by atoms with Crippen molar-refractivity contribution in [2.75, 3.05) is 9.80 Å². The van der Waals surface area contributed by atoms with Crippen LogP contribution in [-0.2, 0) is 10.8 Å². The lowest BCUT2D eigenvalue weighted by molar-refractivity contribution is -0.394. The molecule has 4 aliphatic rings. The summed E-state index contributed by atoms with van der Waals surface area (Å²) >= 11 is 0. The minimum absolute atomic E-state index is 0.00637. The van der Waals surface area contributed by atoms with E-state index in [9.17, 15) is 77.8 Å². The lowest BCUT2D eigenvalue weighted by Gasteiger charge is -2.26. The zero-order valence-electron chi connectivity index (χ0n) is 71.0. The van der Waals surface area contributed by atoms with Crippen LogP contribution in [-0.4, -0.2) is 110 Å². The van der Waals surface area contributed by atoms with Gasteiger partial charge in [-0.2, -0.15) is 19.9 Å². The monoisotopic (exact) mass is 1790 g/mol. The van der Waals surface area contributed by atoms with Crippen molar-refractivity contribution in [3.8, 4) is 70.0 Å². The standard InChI is InChI=1S/C50H32N6O14.C50H34N4O10/c1-26-41(57)37-19-17-35(24-39(37)42(26)58)67-33-13-9-29(10-14-33)50(2,3)30-11-15-34(16-12-30)68-36-18-20-38-40(25-36)44(60)54(43(38)59)47-51-48(69-45(61)27-7-5-4-6-8-27)53-49(52-47)70-46(62)28-21-31(55(63)64)23-32(22-28)56(65)66;1-28-41(55)37-24-22-35(26-39(37)42(28)56)61-33-18-14-31(15-19-33)50(2,3)32-16-20-34(21-17-32)62-36-23-25-38-40(27-36)44(58)54(43(38)57)47-51-48(63-45(59)29-10-6-4-7-11-29)53-49(52-47)64-46(60)30-12-8-5-9-13-30/h4-26H,1-3H3;4-28H,1-3H3. The Labute approximate surface area is 757 Å². The molecule has 0 fully saturated rings. The number of aromatic nitrogens is 6. The summed E-state index contributed by atoms with van der Waals surface area (Å²) in [6.07, 6.45) is 0. The van der Waals surface area contributed by atoms with Gasteiger partial charge in [-0.3, -0.25) is 58.6 Å². The van der Waals surface area contributed by atoms with Gasteiger partial charge >= 0.3 is 47.9 Å². The average molecular weight is 1790 g/mol. The van der Waals surface area contributed by atoms with Crippen LogP contribution in [0, 0.1) is 32.1 Å². The van der Waals surface area contributed by atoms with Crippen LogP contribution in [0.2, 0.25) is 0 Å². The van der Waals surface area contributed by atoms with Crippen LogP contribution < -0.4 is 47.7 Å². The predicted octanol–water partition coefficient (Wildman–Crippen LogP) is 17.9. The van der Waals surface area contributed by atoms with Crippen molar-refractivity contribution >= 4 is 93.9 Å². The van der Waals surface area contributed by atoms with Gasteiger partial charge in [0.2, 0.25) is 11.9 Å². The van der Waals surface area contributed by atoms with Gasteiger partial charge in [0, 0.05) is 45.2 Å². The Kier molecular flexibility index (Phi) is 23.3. The van der Waals surface area contributed by atoms with E-state index in [0.29, 0.717) is 84.7 Å². The molecule has 14 aromatic rings. The molecular formula is C100H66N10O24. The van der Waals surface area contributed by atoms with E-state index in [0.717, 1.165) is 22.3 Å². The van der Waals surface area contributed by atoms with Crippen molar-refractivity contribution in [3.63, 3.8) is 0 Å². The van der Waals surface area contributed by atoms with E-state index in [1.165, 1.54) is 66.7 Å². The van der Waals surface area contributed by atoms with E-state index in [4.69, 9.17) is 37.9 Å². The number of esters is 4. The quantitative estimate of drug-likeness (QED) is 0.0178. The number of nitro benzene ring substituents is 2. The number of hydrogen-bond acceptors (Lipinski definition) is 30. The fourth-order valence-electron chi connectivity index (χ4n) is 15.0. The molecule has 0 saturated carbocycles. The average Bonchev–Trinajstić information content (AvgIpc) is 1.61. The molecule has 34 heteroatoms. The fourth-order valence-corrected chi connectivity index (χ4v) is 15.0. The highest BCUT2D eigenvalue weighted by molar-refractivity contribution is 6.35. The molecule has 0 N–H and O–H groups in total. The SMILES string of the molecule is CC1C(=O)c2ccc(Oc3ccc(C(C)(C)c4ccc(Oc5ccc6c(c5)C(=O)N(c5nc(OC(=O)c7ccccc7)nc(OC(=O)c7cc([N+](=O)[O-])cc([N+](=O)[O-])c7)n5)C6=O)cc4)cc3)cc2C1=O.CC1C(=O)c2ccc(Oc3ccc(C(C)(C)c4ccc(Oc5ccc6c(c5)C(=O)N(c5nc(OC(=O)c7ccccc7)nc(OC(=O)c7ccccc7)n5)C6=O)cc4)cc3)cc2C1=O. The lowest BCUT2D eigenvalue weighted by atomic mass is 9.78. The highest BCUT2D eigenvalue weighted by Gasteiger charge is 2.44. The Morgan fingerprint density at radius 1 is 0.284 bits per heavy atom. The Balaban J connectivity index is 0.000000187. The molecule has 134 heavy (non-hydrogen) atoms. The first-order valence-corrected chi connectivity index (χ1v) is 40.9. The van der Waals surface area contributed by atoms with Gasteiger partial charge in [0.15, 0.2) is 23.1 Å². The second-order valence-corrected chi connectivity index (χ2v) is 31.7. The van der Waals surface area contributed by atoms with Crippen molar-refractivity contribution in [3.05, 3.63) is 388 Å². The summed E-state index contributed by atoms with van der Waals surface area (Å²) in [6.45, 7) is 11.4. The zero-order valence-corrected chi connectivity index (χ0v) is 71.0. The molecule has 2 atom stereocenters. The molecule has 0 radical (unpaired) electrons. The largest absolute Gasteiger partial charge is 0.457 e. The molecule has 2 unspecified atom stereocenters. The number of fused-ring (bicyclic) bond motifs is 4. The first-order valence-electron chi connectivity index (χ1n) is 40.9. The minimum atomic E-state index is -1.42. The Morgan fingerprint density at radius 3 is 0.799 bits per heavy atom. The molecule has 2 aliphatic heterocycles. The fraction of sp³-hybridized carbons (Fsp3) is 0.100. The Bertz CT molecular complexity index is 7200. The second kappa shape index (κ2) is 35.6. The number of imide groups is 2. The number of amides is 4. The second-order valence-electron chi connectivity index (χ2n) is 31.7. The smallest absolute Gasteiger partial charge is 0.346 e. The first kappa shape index (κ1) is 87.6. The maximum absolute atomic E-state index is 14.0. The molecule has 2 aromatic heterocycles. The summed E-state index contributed by atoms with van der Waals surface area (Å²) in [6, 6.07) is 70.6. The van der Waals surface area contributed by atoms with Gasteiger partial charge in [-0.1, -0.05) is 131 Å². The number of non-ortho nitro benzene ring substituents is 2. The van der Waals surface area contributed by atoms with Crippen molar-refractivity contribution in [2.24, 2.45) is 11.8 Å². The van der Waals surface area contributed by atoms with Gasteiger partial charge in [-0.15, -0.1) is 9.97 Å². The Hall–Kier alpha value is -18.5. The molecular weight excluding hydrogens is 1730 g/mol. The number of nitro groups is 2. The van der Waals surface area contributed by atoms with E-state index < -0.39 is 133 Å². The molecule has 0 bridgehead atoms. The minimum Gasteiger partial charge on any atom is -0.457 e. The number of nitrogens with zero attached hydrogens (tertiary/aromatic N) is 10. The predicted molar refractivity (Wildman–Crippen MR) is 473 cm³/mol. The van der Waals surface area contributed by atoms with Gasteiger partial charge in [0.1, 0.15) is 46.0 Å². The zero-order chi connectivity index (χ0) is 94.3. The van der Waals surface area contributed by atoms with Crippen LogP contribution >= 0.6 is 0 Å². The number of Topliss-reactive ketones (excluding diaryl/α,β-unsaturated/α-hetero) is 4. The van der Waals surface area contributed by atoms with Gasteiger partial charge in [0.25, 0.3) is 35.0 Å².